The zero-order valence-corrected chi connectivity index (χ0v) is 18.9. The van der Waals surface area contributed by atoms with Gasteiger partial charge in [0, 0.05) is 5.57 Å². The van der Waals surface area contributed by atoms with Crippen LogP contribution in [0.5, 0.6) is 0 Å². The van der Waals surface area contributed by atoms with E-state index in [-0.39, 0.29) is 16.2 Å². The van der Waals surface area contributed by atoms with Gasteiger partial charge in [-0.2, -0.15) is 4.31 Å². The van der Waals surface area contributed by atoms with Crippen LogP contribution in [0.3, 0.4) is 0 Å². The largest absolute Gasteiger partial charge is 0.272 e. The summed E-state index contributed by atoms with van der Waals surface area (Å²) in [5.41, 5.74) is 2.95. The minimum Gasteiger partial charge on any atom is -0.268 e. The number of aryl methyl sites for hydroxylation is 1. The molecule has 4 rings (SSSR count). The average Bonchev–Trinajstić information content (AvgIpc) is 2.85. The van der Waals surface area contributed by atoms with Crippen LogP contribution in [0.25, 0.3) is 11.6 Å². The lowest BCUT2D eigenvalue weighted by molar-refractivity contribution is -0.112. The number of carbonyl (C=O) groups excluding carboxylic acids is 1. The quantitative estimate of drug-likeness (QED) is 0.267. The van der Waals surface area contributed by atoms with Gasteiger partial charge in [-0.05, 0) is 48.4 Å². The first kappa shape index (κ1) is 22.2. The van der Waals surface area contributed by atoms with Gasteiger partial charge in [0.1, 0.15) is 0 Å². The van der Waals surface area contributed by atoms with Crippen molar-refractivity contribution < 1.29 is 13.2 Å². The minimum absolute atomic E-state index is 0.0473. The summed E-state index contributed by atoms with van der Waals surface area (Å²) < 4.78 is 28.3. The fraction of sp³-hybridized carbons (Fsp3) is 0.0357. The standard InChI is InChI=1S/C28H23NO3S/c1-22-17-19-25(20-18-22)29(33(31,32)26-15-9-4-10-16-26)28(30)27(24-13-7-3-8-14-24)21-23-11-5-2-6-12-23/h2-21H,1H3/b27-21+. The molecule has 4 aromatic rings. The number of rotatable bonds is 6. The Kier molecular flexibility index (Phi) is 6.52. The molecular formula is C28H23NO3S. The Morgan fingerprint density at radius 3 is 1.79 bits per heavy atom. The maximum absolute atomic E-state index is 14.0. The van der Waals surface area contributed by atoms with Crippen LogP contribution in [0.2, 0.25) is 0 Å². The first-order valence-electron chi connectivity index (χ1n) is 10.5. The van der Waals surface area contributed by atoms with Gasteiger partial charge in [-0.1, -0.05) is 96.6 Å². The fourth-order valence-electron chi connectivity index (χ4n) is 3.45. The van der Waals surface area contributed by atoms with E-state index in [9.17, 15) is 13.2 Å². The molecule has 0 heterocycles. The average molecular weight is 454 g/mol. The molecule has 0 saturated carbocycles. The highest BCUT2D eigenvalue weighted by molar-refractivity contribution is 7.93. The van der Waals surface area contributed by atoms with Crippen molar-refractivity contribution in [2.45, 2.75) is 11.8 Å². The van der Waals surface area contributed by atoms with Crippen molar-refractivity contribution >= 4 is 33.3 Å². The summed E-state index contributed by atoms with van der Waals surface area (Å²) >= 11 is 0. The molecule has 0 fully saturated rings. The summed E-state index contributed by atoms with van der Waals surface area (Å²) in [5, 5.41) is 0. The van der Waals surface area contributed by atoms with Crippen molar-refractivity contribution in [2.24, 2.45) is 0 Å². The molecule has 4 nitrogen and oxygen atoms in total. The van der Waals surface area contributed by atoms with E-state index in [1.54, 1.807) is 60.7 Å². The molecule has 0 saturated heterocycles. The van der Waals surface area contributed by atoms with Gasteiger partial charge in [0.15, 0.2) is 0 Å². The predicted molar refractivity (Wildman–Crippen MR) is 133 cm³/mol. The summed E-state index contributed by atoms with van der Waals surface area (Å²) in [6.07, 6.45) is 1.72. The summed E-state index contributed by atoms with van der Waals surface area (Å²) in [6, 6.07) is 33.4. The van der Waals surface area contributed by atoms with Gasteiger partial charge in [0.25, 0.3) is 15.9 Å². The van der Waals surface area contributed by atoms with Crippen LogP contribution in [0.15, 0.2) is 120 Å². The van der Waals surface area contributed by atoms with Crippen LogP contribution in [0.1, 0.15) is 16.7 Å². The molecule has 0 aliphatic rings. The van der Waals surface area contributed by atoms with E-state index in [2.05, 4.69) is 0 Å². The molecule has 0 atom stereocenters. The van der Waals surface area contributed by atoms with Crippen LogP contribution >= 0.6 is 0 Å². The van der Waals surface area contributed by atoms with Crippen molar-refractivity contribution in [3.8, 4) is 0 Å². The van der Waals surface area contributed by atoms with E-state index < -0.39 is 15.9 Å². The summed E-state index contributed by atoms with van der Waals surface area (Å²) in [5.74, 6) is -0.627. The van der Waals surface area contributed by atoms with Gasteiger partial charge in [-0.15, -0.1) is 0 Å². The highest BCUT2D eigenvalue weighted by Crippen LogP contribution is 2.30. The van der Waals surface area contributed by atoms with Crippen molar-refractivity contribution in [3.63, 3.8) is 0 Å². The lowest BCUT2D eigenvalue weighted by Gasteiger charge is -2.24. The third-order valence-electron chi connectivity index (χ3n) is 5.16. The molecule has 5 heteroatoms. The lowest BCUT2D eigenvalue weighted by Crippen LogP contribution is -2.37. The second kappa shape index (κ2) is 9.67. The maximum Gasteiger partial charge on any atom is 0.272 e. The monoisotopic (exact) mass is 453 g/mol. The number of amides is 1. The topological polar surface area (TPSA) is 54.5 Å². The van der Waals surface area contributed by atoms with Crippen molar-refractivity contribution in [1.29, 1.82) is 0 Å². The molecule has 164 valence electrons. The van der Waals surface area contributed by atoms with E-state index >= 15 is 0 Å². The Labute approximate surface area is 194 Å². The van der Waals surface area contributed by atoms with Gasteiger partial charge in [-0.3, -0.25) is 4.79 Å². The van der Waals surface area contributed by atoms with E-state index in [4.69, 9.17) is 0 Å². The van der Waals surface area contributed by atoms with Gasteiger partial charge in [-0.25, -0.2) is 8.42 Å². The number of sulfonamides is 1. The first-order valence-corrected chi connectivity index (χ1v) is 11.9. The van der Waals surface area contributed by atoms with Crippen LogP contribution < -0.4 is 4.31 Å². The van der Waals surface area contributed by atoms with E-state index in [1.807, 2.05) is 55.5 Å². The number of hydrogen-bond donors (Lipinski definition) is 0. The van der Waals surface area contributed by atoms with E-state index in [0.29, 0.717) is 5.56 Å². The highest BCUT2D eigenvalue weighted by atomic mass is 32.2. The summed E-state index contributed by atoms with van der Waals surface area (Å²) in [4.78, 5) is 14.1. The number of anilines is 1. The van der Waals surface area contributed by atoms with E-state index in [0.717, 1.165) is 15.4 Å². The van der Waals surface area contributed by atoms with Crippen LogP contribution in [-0.4, -0.2) is 14.3 Å². The molecule has 4 aromatic carbocycles. The predicted octanol–water partition coefficient (Wildman–Crippen LogP) is 5.96. The molecule has 33 heavy (non-hydrogen) atoms. The second-order valence-electron chi connectivity index (χ2n) is 7.56. The molecule has 0 unspecified atom stereocenters. The molecule has 0 spiro atoms. The van der Waals surface area contributed by atoms with Crippen molar-refractivity contribution in [2.75, 3.05) is 4.31 Å². The highest BCUT2D eigenvalue weighted by Gasteiger charge is 2.33. The Hall–Kier alpha value is -3.96. The molecule has 0 aliphatic heterocycles. The van der Waals surface area contributed by atoms with Gasteiger partial charge >= 0.3 is 0 Å². The number of carbonyl (C=O) groups is 1. The third kappa shape index (κ3) is 4.94. The summed E-state index contributed by atoms with van der Waals surface area (Å²) in [6.45, 7) is 1.91. The van der Waals surface area contributed by atoms with Crippen LogP contribution in [-0.2, 0) is 14.8 Å². The first-order chi connectivity index (χ1) is 16.0. The Morgan fingerprint density at radius 2 is 1.21 bits per heavy atom. The molecular weight excluding hydrogens is 430 g/mol. The fourth-order valence-corrected chi connectivity index (χ4v) is 4.88. The summed E-state index contributed by atoms with van der Waals surface area (Å²) in [7, 11) is -4.17. The van der Waals surface area contributed by atoms with Crippen LogP contribution in [0, 0.1) is 6.92 Å². The molecule has 0 bridgehead atoms. The van der Waals surface area contributed by atoms with Crippen molar-refractivity contribution in [1.82, 2.24) is 0 Å². The Bertz CT molecular complexity index is 1360. The lowest BCUT2D eigenvalue weighted by atomic mass is 10.0. The number of hydrogen-bond acceptors (Lipinski definition) is 3. The van der Waals surface area contributed by atoms with Gasteiger partial charge < -0.3 is 0 Å². The Balaban J connectivity index is 1.92. The zero-order valence-electron chi connectivity index (χ0n) is 18.1. The van der Waals surface area contributed by atoms with Crippen LogP contribution in [0.4, 0.5) is 5.69 Å². The molecule has 0 radical (unpaired) electrons. The number of nitrogens with zero attached hydrogens (tertiary/aromatic N) is 1. The molecule has 0 aliphatic carbocycles. The number of benzene rings is 4. The zero-order chi connectivity index (χ0) is 23.3. The molecule has 1 amide bonds. The molecule has 0 N–H and O–H groups in total. The van der Waals surface area contributed by atoms with E-state index in [1.165, 1.54) is 12.1 Å². The third-order valence-corrected chi connectivity index (χ3v) is 6.89. The second-order valence-corrected chi connectivity index (χ2v) is 9.34. The Morgan fingerprint density at radius 1 is 0.697 bits per heavy atom. The normalized spacial score (nSPS) is 11.7. The maximum atomic E-state index is 14.0. The van der Waals surface area contributed by atoms with Gasteiger partial charge in [0.05, 0.1) is 10.6 Å². The van der Waals surface area contributed by atoms with Crippen molar-refractivity contribution in [3.05, 3.63) is 132 Å². The SMILES string of the molecule is Cc1ccc(N(C(=O)/C(=C/c2ccccc2)c2ccccc2)S(=O)(=O)c2ccccc2)cc1. The molecule has 0 aromatic heterocycles. The van der Waals surface area contributed by atoms with Gasteiger partial charge in [0.2, 0.25) is 0 Å². The smallest absolute Gasteiger partial charge is 0.268 e. The minimum atomic E-state index is -4.17.